The highest BCUT2D eigenvalue weighted by Gasteiger charge is 2.36. The molecular formula is C21H20N2O4S3. The third-order valence-electron chi connectivity index (χ3n) is 4.99. The van der Waals surface area contributed by atoms with E-state index in [1.807, 2.05) is 23.6 Å². The van der Waals surface area contributed by atoms with Crippen LogP contribution in [0.5, 0.6) is 0 Å². The van der Waals surface area contributed by atoms with Crippen LogP contribution in [0.1, 0.15) is 31.8 Å². The fraction of sp³-hybridized carbons (Fsp3) is 0.238. The van der Waals surface area contributed by atoms with Crippen LogP contribution in [0, 0.1) is 0 Å². The van der Waals surface area contributed by atoms with E-state index in [9.17, 15) is 18.0 Å². The Morgan fingerprint density at radius 1 is 0.967 bits per heavy atom. The molecule has 1 atom stereocenters. The Hall–Kier alpha value is -2.33. The summed E-state index contributed by atoms with van der Waals surface area (Å²) in [5, 5.41) is 1.82. The van der Waals surface area contributed by atoms with Gasteiger partial charge in [0.1, 0.15) is 4.21 Å². The molecule has 1 amide bonds. The van der Waals surface area contributed by atoms with Gasteiger partial charge >= 0.3 is 0 Å². The van der Waals surface area contributed by atoms with Gasteiger partial charge in [0, 0.05) is 31.2 Å². The van der Waals surface area contributed by atoms with E-state index in [-0.39, 0.29) is 28.5 Å². The number of hydrogen-bond acceptors (Lipinski definition) is 6. The van der Waals surface area contributed by atoms with E-state index < -0.39 is 10.0 Å². The number of sulfonamides is 1. The molecule has 1 aliphatic heterocycles. The first kappa shape index (κ1) is 20.9. The Bertz CT molecular complexity index is 1150. The van der Waals surface area contributed by atoms with Gasteiger partial charge < -0.3 is 4.90 Å². The number of nitrogens with zero attached hydrogens (tertiary/aromatic N) is 2. The Morgan fingerprint density at radius 3 is 2.40 bits per heavy atom. The molecule has 0 bridgehead atoms. The van der Waals surface area contributed by atoms with Crippen molar-refractivity contribution in [2.45, 2.75) is 17.2 Å². The maximum absolute atomic E-state index is 13.2. The van der Waals surface area contributed by atoms with E-state index in [1.165, 1.54) is 21.7 Å². The molecule has 0 radical (unpaired) electrons. The van der Waals surface area contributed by atoms with Crippen molar-refractivity contribution >= 4 is 44.4 Å². The average Bonchev–Trinajstić information content (AvgIpc) is 3.45. The molecule has 0 spiro atoms. The molecule has 1 saturated heterocycles. The number of rotatable bonds is 5. The molecule has 0 aliphatic carbocycles. The van der Waals surface area contributed by atoms with Crippen LogP contribution in [0.15, 0.2) is 64.2 Å². The van der Waals surface area contributed by atoms with Crippen molar-refractivity contribution in [1.82, 2.24) is 9.21 Å². The Labute approximate surface area is 183 Å². The van der Waals surface area contributed by atoms with Crippen LogP contribution in [0.2, 0.25) is 0 Å². The lowest BCUT2D eigenvalue weighted by molar-refractivity contribution is 0.0642. The summed E-state index contributed by atoms with van der Waals surface area (Å²) < 4.78 is 28.0. The summed E-state index contributed by atoms with van der Waals surface area (Å²) in [7, 11) is -3.74. The van der Waals surface area contributed by atoms with Gasteiger partial charge in [0.15, 0.2) is 0 Å². The number of amides is 1. The number of benzene rings is 1. The Kier molecular flexibility index (Phi) is 5.88. The summed E-state index contributed by atoms with van der Waals surface area (Å²) >= 11 is 2.32. The lowest BCUT2D eigenvalue weighted by atomic mass is 10.1. The minimum atomic E-state index is -3.74. The van der Waals surface area contributed by atoms with E-state index in [0.29, 0.717) is 28.4 Å². The van der Waals surface area contributed by atoms with Crippen LogP contribution in [0.4, 0.5) is 0 Å². The lowest BCUT2D eigenvalue weighted by Crippen LogP contribution is -2.55. The third kappa shape index (κ3) is 3.98. The van der Waals surface area contributed by atoms with Crippen molar-refractivity contribution in [2.75, 3.05) is 19.6 Å². The van der Waals surface area contributed by atoms with Crippen LogP contribution < -0.4 is 0 Å². The average molecular weight is 461 g/mol. The minimum absolute atomic E-state index is 0.0977. The largest absolute Gasteiger partial charge is 0.336 e. The second kappa shape index (κ2) is 8.43. The zero-order valence-electron chi connectivity index (χ0n) is 16.2. The Balaban J connectivity index is 1.49. The summed E-state index contributed by atoms with van der Waals surface area (Å²) in [6, 6.07) is 15.2. The van der Waals surface area contributed by atoms with Gasteiger partial charge in [0.05, 0.1) is 9.75 Å². The van der Waals surface area contributed by atoms with Gasteiger partial charge in [0.25, 0.3) is 15.9 Å². The van der Waals surface area contributed by atoms with Gasteiger partial charge in [-0.1, -0.05) is 24.3 Å². The van der Waals surface area contributed by atoms with Crippen molar-refractivity contribution in [3.8, 4) is 0 Å². The lowest BCUT2D eigenvalue weighted by Gasteiger charge is -2.38. The summed E-state index contributed by atoms with van der Waals surface area (Å²) in [4.78, 5) is 27.9. The first-order valence-corrected chi connectivity index (χ1v) is 12.6. The van der Waals surface area contributed by atoms with Gasteiger partial charge in [-0.25, -0.2) is 8.42 Å². The first-order chi connectivity index (χ1) is 14.4. The highest BCUT2D eigenvalue weighted by molar-refractivity contribution is 7.91. The summed E-state index contributed by atoms with van der Waals surface area (Å²) in [5.41, 5.74) is 0.594. The summed E-state index contributed by atoms with van der Waals surface area (Å²) in [6.45, 7) is 2.66. The summed E-state index contributed by atoms with van der Waals surface area (Å²) in [5.74, 6) is -0.262. The Morgan fingerprint density at radius 2 is 1.73 bits per heavy atom. The molecule has 4 rings (SSSR count). The SMILES string of the molecule is C[C@@H]1CN(C(=O)c2ccccc2)CCN1S(=O)(=O)c1ccc(C(=O)c2cccs2)s1. The van der Waals surface area contributed by atoms with E-state index >= 15 is 0 Å². The third-order valence-corrected chi connectivity index (χ3v) is 9.42. The highest BCUT2D eigenvalue weighted by atomic mass is 32.2. The van der Waals surface area contributed by atoms with Crippen molar-refractivity contribution in [1.29, 1.82) is 0 Å². The van der Waals surface area contributed by atoms with Gasteiger partial charge in [0.2, 0.25) is 5.78 Å². The van der Waals surface area contributed by atoms with Crippen molar-refractivity contribution in [3.63, 3.8) is 0 Å². The molecule has 30 heavy (non-hydrogen) atoms. The standard InChI is InChI=1S/C21H20N2O4S3/c1-15-14-22(21(25)16-6-3-2-4-7-16)11-12-23(15)30(26,27)19-10-9-18(29-19)20(24)17-8-5-13-28-17/h2-10,13,15H,11-12,14H2,1H3/t15-/m1/s1. The number of thiophene rings is 2. The van der Waals surface area contributed by atoms with Gasteiger partial charge in [-0.15, -0.1) is 22.7 Å². The fourth-order valence-electron chi connectivity index (χ4n) is 3.47. The molecule has 1 aromatic carbocycles. The molecule has 3 aromatic rings. The molecule has 9 heteroatoms. The molecule has 3 heterocycles. The van der Waals surface area contributed by atoms with Crippen LogP contribution >= 0.6 is 22.7 Å². The zero-order chi connectivity index (χ0) is 21.3. The molecule has 1 aliphatic rings. The minimum Gasteiger partial charge on any atom is -0.336 e. The highest BCUT2D eigenvalue weighted by Crippen LogP contribution is 2.30. The van der Waals surface area contributed by atoms with Crippen LogP contribution in [0.3, 0.4) is 0 Å². The van der Waals surface area contributed by atoms with Crippen LogP contribution in [-0.2, 0) is 10.0 Å². The number of carbonyl (C=O) groups is 2. The molecule has 6 nitrogen and oxygen atoms in total. The second-order valence-electron chi connectivity index (χ2n) is 7.01. The summed E-state index contributed by atoms with van der Waals surface area (Å²) in [6.07, 6.45) is 0. The van der Waals surface area contributed by atoms with Crippen molar-refractivity contribution < 1.29 is 18.0 Å². The maximum Gasteiger partial charge on any atom is 0.253 e. The van der Waals surface area contributed by atoms with Gasteiger partial charge in [-0.2, -0.15) is 4.31 Å². The maximum atomic E-state index is 13.2. The molecular weight excluding hydrogens is 440 g/mol. The van der Waals surface area contributed by atoms with E-state index in [1.54, 1.807) is 42.2 Å². The van der Waals surface area contributed by atoms with E-state index in [4.69, 9.17) is 0 Å². The van der Waals surface area contributed by atoms with E-state index in [0.717, 1.165) is 11.3 Å². The first-order valence-electron chi connectivity index (χ1n) is 9.42. The second-order valence-corrected chi connectivity index (χ2v) is 11.2. The van der Waals surface area contributed by atoms with Crippen LogP contribution in [0.25, 0.3) is 0 Å². The topological polar surface area (TPSA) is 74.8 Å². The van der Waals surface area contributed by atoms with Gasteiger partial charge in [-0.05, 0) is 42.6 Å². The molecule has 156 valence electrons. The van der Waals surface area contributed by atoms with E-state index in [2.05, 4.69) is 0 Å². The smallest absolute Gasteiger partial charge is 0.253 e. The van der Waals surface area contributed by atoms with Crippen molar-refractivity contribution in [2.24, 2.45) is 0 Å². The number of carbonyl (C=O) groups excluding carboxylic acids is 2. The number of ketones is 1. The normalized spacial score (nSPS) is 17.8. The van der Waals surface area contributed by atoms with Crippen molar-refractivity contribution in [3.05, 3.63) is 75.3 Å². The molecule has 0 saturated carbocycles. The predicted molar refractivity (Wildman–Crippen MR) is 118 cm³/mol. The van der Waals surface area contributed by atoms with Gasteiger partial charge in [-0.3, -0.25) is 9.59 Å². The monoisotopic (exact) mass is 460 g/mol. The molecule has 2 aromatic heterocycles. The molecule has 0 unspecified atom stereocenters. The number of piperazine rings is 1. The molecule has 0 N–H and O–H groups in total. The number of hydrogen-bond donors (Lipinski definition) is 0. The fourth-order valence-corrected chi connectivity index (χ4v) is 7.22. The molecule has 1 fully saturated rings. The van der Waals surface area contributed by atoms with Crippen LogP contribution in [-0.4, -0.2) is 55.0 Å². The predicted octanol–water partition coefficient (Wildman–Crippen LogP) is 3.58. The quantitative estimate of drug-likeness (QED) is 0.546. The zero-order valence-corrected chi connectivity index (χ0v) is 18.7.